The summed E-state index contributed by atoms with van der Waals surface area (Å²) < 4.78 is 2.08. The van der Waals surface area contributed by atoms with E-state index in [1.54, 1.807) is 12.1 Å². The van der Waals surface area contributed by atoms with Crippen molar-refractivity contribution in [3.05, 3.63) is 71.6 Å². The Morgan fingerprint density at radius 1 is 1.13 bits per heavy atom. The van der Waals surface area contributed by atoms with Gasteiger partial charge in [0, 0.05) is 34.9 Å². The molecular formula is C23H22N4O3. The Morgan fingerprint density at radius 2 is 1.93 bits per heavy atom. The molecule has 3 aromatic rings. The summed E-state index contributed by atoms with van der Waals surface area (Å²) in [5.41, 5.74) is 3.66. The van der Waals surface area contributed by atoms with Crippen molar-refractivity contribution in [2.24, 2.45) is 0 Å². The lowest BCUT2D eigenvalue weighted by Gasteiger charge is -2.12. The Balaban J connectivity index is 1.54. The number of nitrogens with zero attached hydrogens (tertiary/aromatic N) is 2. The predicted molar refractivity (Wildman–Crippen MR) is 116 cm³/mol. The maximum absolute atomic E-state index is 12.8. The maximum Gasteiger partial charge on any atom is 0.329 e. The molecule has 0 radical (unpaired) electrons. The summed E-state index contributed by atoms with van der Waals surface area (Å²) in [7, 11) is 0. The number of hydrogen-bond donors (Lipinski definition) is 2. The third-order valence-electron chi connectivity index (χ3n) is 5.03. The lowest BCUT2D eigenvalue weighted by Crippen LogP contribution is -2.38. The van der Waals surface area contributed by atoms with Gasteiger partial charge in [-0.05, 0) is 43.7 Å². The van der Waals surface area contributed by atoms with Crippen LogP contribution >= 0.6 is 0 Å². The van der Waals surface area contributed by atoms with Gasteiger partial charge in [-0.15, -0.1) is 0 Å². The van der Waals surface area contributed by atoms with Gasteiger partial charge in [-0.3, -0.25) is 9.59 Å². The summed E-state index contributed by atoms with van der Waals surface area (Å²) in [5, 5.41) is 6.29. The van der Waals surface area contributed by atoms with Crippen LogP contribution in [0, 0.1) is 6.92 Å². The number of carbonyl (C=O) groups is 3. The number of anilines is 1. The first-order chi connectivity index (χ1) is 14.5. The molecule has 30 heavy (non-hydrogen) atoms. The van der Waals surface area contributed by atoms with Crippen LogP contribution in [-0.4, -0.2) is 33.9 Å². The Bertz CT molecular complexity index is 1190. The highest BCUT2D eigenvalue weighted by Gasteiger charge is 2.35. The van der Waals surface area contributed by atoms with E-state index in [-0.39, 0.29) is 12.2 Å². The third-order valence-corrected chi connectivity index (χ3v) is 5.03. The number of amides is 4. The van der Waals surface area contributed by atoms with Gasteiger partial charge in [-0.1, -0.05) is 30.3 Å². The number of fused-ring (bicyclic) bond motifs is 1. The number of nitrogens with one attached hydrogen (secondary N) is 2. The summed E-state index contributed by atoms with van der Waals surface area (Å²) in [4.78, 5) is 38.3. The standard InChI is InChI=1S/C23H22N4O3/c1-3-26-13-16(18-9-4-5-10-20(18)26)12-19-22(29)27(23(30)25-19)14-21(28)24-17-8-6-7-15(2)11-17/h4-13H,3,14H2,1-2H3,(H,24,28)(H,25,30)/b19-12+. The molecule has 1 fully saturated rings. The molecule has 0 unspecified atom stereocenters. The van der Waals surface area contributed by atoms with Gasteiger partial charge in [-0.25, -0.2) is 9.69 Å². The normalized spacial score (nSPS) is 15.1. The lowest BCUT2D eigenvalue weighted by molar-refractivity contribution is -0.127. The van der Waals surface area contributed by atoms with E-state index >= 15 is 0 Å². The number of benzene rings is 2. The van der Waals surface area contributed by atoms with E-state index in [0.29, 0.717) is 5.69 Å². The minimum atomic E-state index is -0.607. The van der Waals surface area contributed by atoms with Gasteiger partial charge >= 0.3 is 6.03 Å². The molecule has 4 rings (SSSR count). The fourth-order valence-electron chi connectivity index (χ4n) is 3.59. The molecule has 1 saturated heterocycles. The van der Waals surface area contributed by atoms with Crippen LogP contribution in [0.15, 0.2) is 60.4 Å². The molecule has 1 aliphatic heterocycles. The minimum Gasteiger partial charge on any atom is -0.347 e. The fourth-order valence-corrected chi connectivity index (χ4v) is 3.59. The van der Waals surface area contributed by atoms with Crippen molar-refractivity contribution in [2.75, 3.05) is 11.9 Å². The molecule has 0 saturated carbocycles. The summed E-state index contributed by atoms with van der Waals surface area (Å²) in [6, 6.07) is 14.6. The Labute approximate surface area is 174 Å². The molecule has 0 atom stereocenters. The highest BCUT2D eigenvalue weighted by molar-refractivity contribution is 6.16. The van der Waals surface area contributed by atoms with Gasteiger partial charge in [0.05, 0.1) is 0 Å². The van der Waals surface area contributed by atoms with Crippen LogP contribution in [-0.2, 0) is 16.1 Å². The van der Waals surface area contributed by atoms with E-state index in [4.69, 9.17) is 0 Å². The van der Waals surface area contributed by atoms with Crippen molar-refractivity contribution in [1.29, 1.82) is 0 Å². The third kappa shape index (κ3) is 3.69. The number of aromatic nitrogens is 1. The Kier molecular flexibility index (Phi) is 5.10. The maximum atomic E-state index is 12.8. The van der Waals surface area contributed by atoms with Crippen molar-refractivity contribution < 1.29 is 14.4 Å². The second-order valence-corrected chi connectivity index (χ2v) is 7.18. The van der Waals surface area contributed by atoms with Gasteiger partial charge in [0.15, 0.2) is 0 Å². The predicted octanol–water partition coefficient (Wildman–Crippen LogP) is 3.50. The average Bonchev–Trinajstić information content (AvgIpc) is 3.20. The fraction of sp³-hybridized carbons (Fsp3) is 0.174. The van der Waals surface area contributed by atoms with Crippen molar-refractivity contribution in [2.45, 2.75) is 20.4 Å². The zero-order valence-corrected chi connectivity index (χ0v) is 16.8. The van der Waals surface area contributed by atoms with Crippen molar-refractivity contribution >= 4 is 40.5 Å². The molecule has 0 bridgehead atoms. The quantitative estimate of drug-likeness (QED) is 0.506. The monoisotopic (exact) mass is 402 g/mol. The molecule has 4 amide bonds. The molecule has 1 aromatic heterocycles. The lowest BCUT2D eigenvalue weighted by atomic mass is 10.1. The Morgan fingerprint density at radius 3 is 2.70 bits per heavy atom. The number of carbonyl (C=O) groups excluding carboxylic acids is 3. The van der Waals surface area contributed by atoms with Gasteiger partial charge in [0.25, 0.3) is 5.91 Å². The number of hydrogen-bond acceptors (Lipinski definition) is 3. The second kappa shape index (κ2) is 7.87. The highest BCUT2D eigenvalue weighted by atomic mass is 16.2. The molecule has 0 spiro atoms. The molecule has 7 heteroatoms. The molecule has 7 nitrogen and oxygen atoms in total. The summed E-state index contributed by atoms with van der Waals surface area (Å²) in [6.45, 7) is 4.39. The van der Waals surface area contributed by atoms with Crippen LogP contribution in [0.5, 0.6) is 0 Å². The van der Waals surface area contributed by atoms with E-state index in [0.717, 1.165) is 33.5 Å². The number of imide groups is 1. The first-order valence-electron chi connectivity index (χ1n) is 9.75. The van der Waals surface area contributed by atoms with E-state index in [2.05, 4.69) is 15.2 Å². The van der Waals surface area contributed by atoms with Crippen molar-refractivity contribution in [3.8, 4) is 0 Å². The first-order valence-corrected chi connectivity index (χ1v) is 9.75. The molecule has 152 valence electrons. The Hall–Kier alpha value is -3.87. The molecule has 0 aliphatic carbocycles. The van der Waals surface area contributed by atoms with Crippen LogP contribution in [0.4, 0.5) is 10.5 Å². The summed E-state index contributed by atoms with van der Waals surface area (Å²) in [6.07, 6.45) is 3.61. The molecule has 2 heterocycles. The zero-order valence-electron chi connectivity index (χ0n) is 16.8. The van der Waals surface area contributed by atoms with E-state index in [1.165, 1.54) is 0 Å². The smallest absolute Gasteiger partial charge is 0.329 e. The molecule has 1 aliphatic rings. The number of rotatable bonds is 5. The zero-order chi connectivity index (χ0) is 21.3. The molecule has 2 N–H and O–H groups in total. The van der Waals surface area contributed by atoms with Crippen LogP contribution < -0.4 is 10.6 Å². The van der Waals surface area contributed by atoms with E-state index in [9.17, 15) is 14.4 Å². The van der Waals surface area contributed by atoms with Gasteiger partial charge < -0.3 is 15.2 Å². The van der Waals surface area contributed by atoms with E-state index < -0.39 is 17.8 Å². The van der Waals surface area contributed by atoms with Gasteiger partial charge in [0.2, 0.25) is 5.91 Å². The van der Waals surface area contributed by atoms with Gasteiger partial charge in [0.1, 0.15) is 12.2 Å². The minimum absolute atomic E-state index is 0.155. The topological polar surface area (TPSA) is 83.4 Å². The van der Waals surface area contributed by atoms with E-state index in [1.807, 2.05) is 62.5 Å². The van der Waals surface area contributed by atoms with Crippen molar-refractivity contribution in [1.82, 2.24) is 14.8 Å². The summed E-state index contributed by atoms with van der Waals surface area (Å²) in [5.74, 6) is -0.958. The molecular weight excluding hydrogens is 380 g/mol. The number of para-hydroxylation sites is 1. The number of urea groups is 1. The highest BCUT2D eigenvalue weighted by Crippen LogP contribution is 2.24. The van der Waals surface area contributed by atoms with Crippen LogP contribution in [0.2, 0.25) is 0 Å². The largest absolute Gasteiger partial charge is 0.347 e. The summed E-state index contributed by atoms with van der Waals surface area (Å²) >= 11 is 0. The van der Waals surface area contributed by atoms with Crippen LogP contribution in [0.1, 0.15) is 18.1 Å². The average molecular weight is 402 g/mol. The first kappa shape index (κ1) is 19.4. The second-order valence-electron chi connectivity index (χ2n) is 7.18. The van der Waals surface area contributed by atoms with Crippen LogP contribution in [0.25, 0.3) is 17.0 Å². The SMILES string of the molecule is CCn1cc(/C=C2/NC(=O)N(CC(=O)Nc3cccc(C)c3)C2=O)c2ccccc21. The van der Waals surface area contributed by atoms with Gasteiger partial charge in [-0.2, -0.15) is 0 Å². The number of aryl methyl sites for hydroxylation is 2. The van der Waals surface area contributed by atoms with Crippen LogP contribution in [0.3, 0.4) is 0 Å². The molecule has 2 aromatic carbocycles. The van der Waals surface area contributed by atoms with Crippen molar-refractivity contribution in [3.63, 3.8) is 0 Å².